The molecule has 0 atom stereocenters. The molecule has 0 bridgehead atoms. The van der Waals surface area contributed by atoms with E-state index in [1.165, 1.54) is 0 Å². The van der Waals surface area contributed by atoms with Gasteiger partial charge in [-0.1, -0.05) is 13.8 Å². The zero-order valence-electron chi connectivity index (χ0n) is 9.62. The zero-order chi connectivity index (χ0) is 11.3. The van der Waals surface area contributed by atoms with Crippen molar-refractivity contribution in [1.29, 1.82) is 0 Å². The van der Waals surface area contributed by atoms with Gasteiger partial charge in [0.1, 0.15) is 5.69 Å². The minimum absolute atomic E-state index is 0.111. The Balaban J connectivity index is 2.98. The lowest BCUT2D eigenvalue weighted by Gasteiger charge is -2.06. The number of nitrogens with zero attached hydrogens (tertiary/aromatic N) is 2. The first-order chi connectivity index (χ1) is 7.24. The van der Waals surface area contributed by atoms with Gasteiger partial charge in [-0.3, -0.25) is 9.48 Å². The molecule has 0 aliphatic heterocycles. The van der Waals surface area contributed by atoms with E-state index < -0.39 is 0 Å². The second kappa shape index (κ2) is 5.53. The maximum atomic E-state index is 11.8. The van der Waals surface area contributed by atoms with Crippen LogP contribution in [0.2, 0.25) is 0 Å². The SMILES string of the molecule is CCCC(=O)c1c(OC)cnn1CCC. The van der Waals surface area contributed by atoms with Gasteiger partial charge in [-0.05, 0) is 12.8 Å². The number of hydrogen-bond acceptors (Lipinski definition) is 3. The fourth-order valence-corrected chi connectivity index (χ4v) is 1.53. The maximum absolute atomic E-state index is 11.8. The van der Waals surface area contributed by atoms with E-state index in [0.717, 1.165) is 19.4 Å². The Bertz CT molecular complexity index is 331. The topological polar surface area (TPSA) is 44.1 Å². The molecule has 1 rings (SSSR count). The molecule has 0 saturated carbocycles. The van der Waals surface area contributed by atoms with Crippen LogP contribution in [0, 0.1) is 0 Å². The molecular weight excluding hydrogens is 192 g/mol. The first-order valence-electron chi connectivity index (χ1n) is 5.37. The van der Waals surface area contributed by atoms with Crippen LogP contribution in [0.5, 0.6) is 5.75 Å². The van der Waals surface area contributed by atoms with E-state index in [-0.39, 0.29) is 5.78 Å². The van der Waals surface area contributed by atoms with Crippen molar-refractivity contribution in [3.05, 3.63) is 11.9 Å². The minimum atomic E-state index is 0.111. The Morgan fingerprint density at radius 1 is 1.47 bits per heavy atom. The normalized spacial score (nSPS) is 10.3. The molecule has 0 N–H and O–H groups in total. The number of methoxy groups -OCH3 is 1. The van der Waals surface area contributed by atoms with E-state index in [1.54, 1.807) is 18.0 Å². The van der Waals surface area contributed by atoms with Gasteiger partial charge in [-0.25, -0.2) is 0 Å². The van der Waals surface area contributed by atoms with Gasteiger partial charge in [0, 0.05) is 13.0 Å². The molecule has 0 aliphatic rings. The van der Waals surface area contributed by atoms with Crippen LogP contribution in [0.1, 0.15) is 43.6 Å². The summed E-state index contributed by atoms with van der Waals surface area (Å²) in [6, 6.07) is 0. The number of ether oxygens (including phenoxy) is 1. The van der Waals surface area contributed by atoms with Gasteiger partial charge in [-0.2, -0.15) is 5.10 Å². The molecule has 1 heterocycles. The predicted molar refractivity (Wildman–Crippen MR) is 58.3 cm³/mol. The van der Waals surface area contributed by atoms with Crippen LogP contribution >= 0.6 is 0 Å². The summed E-state index contributed by atoms with van der Waals surface area (Å²) < 4.78 is 6.87. The van der Waals surface area contributed by atoms with E-state index in [9.17, 15) is 4.79 Å². The first kappa shape index (κ1) is 11.8. The predicted octanol–water partition coefficient (Wildman–Crippen LogP) is 2.28. The molecule has 0 saturated heterocycles. The Morgan fingerprint density at radius 2 is 2.20 bits per heavy atom. The third-order valence-corrected chi connectivity index (χ3v) is 2.20. The smallest absolute Gasteiger partial charge is 0.184 e. The summed E-state index contributed by atoms with van der Waals surface area (Å²) in [4.78, 5) is 11.8. The van der Waals surface area contributed by atoms with Crippen LogP contribution in [0.3, 0.4) is 0 Å². The van der Waals surface area contributed by atoms with Crippen molar-refractivity contribution in [2.45, 2.75) is 39.7 Å². The second-order valence-electron chi connectivity index (χ2n) is 3.46. The number of aromatic nitrogens is 2. The van der Waals surface area contributed by atoms with Crippen molar-refractivity contribution in [3.63, 3.8) is 0 Å². The number of hydrogen-bond donors (Lipinski definition) is 0. The van der Waals surface area contributed by atoms with Crippen LogP contribution in [-0.2, 0) is 6.54 Å². The number of ketones is 1. The number of carbonyl (C=O) groups excluding carboxylic acids is 1. The molecule has 0 aliphatic carbocycles. The van der Waals surface area contributed by atoms with Gasteiger partial charge in [-0.15, -0.1) is 0 Å². The number of aryl methyl sites for hydroxylation is 1. The molecule has 4 nitrogen and oxygen atoms in total. The molecule has 4 heteroatoms. The number of rotatable bonds is 6. The first-order valence-corrected chi connectivity index (χ1v) is 5.37. The highest BCUT2D eigenvalue weighted by Gasteiger charge is 2.17. The highest BCUT2D eigenvalue weighted by Crippen LogP contribution is 2.20. The highest BCUT2D eigenvalue weighted by molar-refractivity contribution is 5.96. The Morgan fingerprint density at radius 3 is 2.73 bits per heavy atom. The largest absolute Gasteiger partial charge is 0.493 e. The molecule has 1 aromatic rings. The quantitative estimate of drug-likeness (QED) is 0.676. The number of Topliss-reactive ketones (excluding diaryl/α,β-unsaturated/α-hetero) is 1. The summed E-state index contributed by atoms with van der Waals surface area (Å²) >= 11 is 0. The molecule has 0 spiro atoms. The van der Waals surface area contributed by atoms with Gasteiger partial charge < -0.3 is 4.74 Å². The van der Waals surface area contributed by atoms with Crippen molar-refractivity contribution in [1.82, 2.24) is 9.78 Å². The van der Waals surface area contributed by atoms with E-state index in [1.807, 2.05) is 6.92 Å². The monoisotopic (exact) mass is 210 g/mol. The van der Waals surface area contributed by atoms with Crippen molar-refractivity contribution in [2.24, 2.45) is 0 Å². The summed E-state index contributed by atoms with van der Waals surface area (Å²) in [6.45, 7) is 4.81. The summed E-state index contributed by atoms with van der Waals surface area (Å²) in [5, 5.41) is 4.15. The van der Waals surface area contributed by atoms with Crippen LogP contribution in [0.15, 0.2) is 6.20 Å². The standard InChI is InChI=1S/C11H18N2O2/c1-4-6-9(14)11-10(15-3)8-12-13(11)7-5-2/h8H,4-7H2,1-3H3. The molecule has 1 aromatic heterocycles. The summed E-state index contributed by atoms with van der Waals surface area (Å²) in [7, 11) is 1.57. The molecule has 0 unspecified atom stereocenters. The van der Waals surface area contributed by atoms with Gasteiger partial charge in [0.05, 0.1) is 13.3 Å². The lowest BCUT2D eigenvalue weighted by molar-refractivity contribution is 0.0968. The zero-order valence-corrected chi connectivity index (χ0v) is 9.62. The van der Waals surface area contributed by atoms with Gasteiger partial charge in [0.25, 0.3) is 0 Å². The van der Waals surface area contributed by atoms with Crippen LogP contribution in [-0.4, -0.2) is 22.7 Å². The molecule has 0 amide bonds. The Kier molecular flexibility index (Phi) is 4.34. The van der Waals surface area contributed by atoms with Crippen molar-refractivity contribution in [3.8, 4) is 5.75 Å². The summed E-state index contributed by atoms with van der Waals surface area (Å²) in [5.74, 6) is 0.696. The average molecular weight is 210 g/mol. The summed E-state index contributed by atoms with van der Waals surface area (Å²) in [5.41, 5.74) is 0.612. The molecule has 15 heavy (non-hydrogen) atoms. The van der Waals surface area contributed by atoms with Crippen molar-refractivity contribution >= 4 is 5.78 Å². The molecule has 84 valence electrons. The van der Waals surface area contributed by atoms with Crippen LogP contribution < -0.4 is 4.74 Å². The second-order valence-corrected chi connectivity index (χ2v) is 3.46. The van der Waals surface area contributed by atoms with E-state index in [0.29, 0.717) is 17.9 Å². The number of carbonyl (C=O) groups is 1. The lowest BCUT2D eigenvalue weighted by Crippen LogP contribution is -2.11. The third-order valence-electron chi connectivity index (χ3n) is 2.20. The Labute approximate surface area is 90.2 Å². The molecule has 0 aromatic carbocycles. The van der Waals surface area contributed by atoms with Crippen molar-refractivity contribution in [2.75, 3.05) is 7.11 Å². The average Bonchev–Trinajstić information content (AvgIpc) is 2.62. The van der Waals surface area contributed by atoms with Gasteiger partial charge >= 0.3 is 0 Å². The van der Waals surface area contributed by atoms with E-state index in [4.69, 9.17) is 4.74 Å². The van der Waals surface area contributed by atoms with Crippen molar-refractivity contribution < 1.29 is 9.53 Å². The van der Waals surface area contributed by atoms with Gasteiger partial charge in [0.2, 0.25) is 0 Å². The molecule has 0 radical (unpaired) electrons. The molecular formula is C11H18N2O2. The van der Waals surface area contributed by atoms with Crippen LogP contribution in [0.25, 0.3) is 0 Å². The van der Waals surface area contributed by atoms with Gasteiger partial charge in [0.15, 0.2) is 11.5 Å². The minimum Gasteiger partial charge on any atom is -0.493 e. The summed E-state index contributed by atoms with van der Waals surface area (Å²) in [6.07, 6.45) is 3.96. The molecule has 0 fully saturated rings. The lowest BCUT2D eigenvalue weighted by atomic mass is 10.1. The third kappa shape index (κ3) is 2.58. The highest BCUT2D eigenvalue weighted by atomic mass is 16.5. The Hall–Kier alpha value is -1.32. The van der Waals surface area contributed by atoms with E-state index in [2.05, 4.69) is 12.0 Å². The van der Waals surface area contributed by atoms with E-state index >= 15 is 0 Å². The van der Waals surface area contributed by atoms with Crippen LogP contribution in [0.4, 0.5) is 0 Å². The fraction of sp³-hybridized carbons (Fsp3) is 0.636. The fourth-order valence-electron chi connectivity index (χ4n) is 1.53. The maximum Gasteiger partial charge on any atom is 0.184 e.